The summed E-state index contributed by atoms with van der Waals surface area (Å²) in [6.07, 6.45) is 2.95. The number of aldehydes is 1. The largest absolute Gasteiger partial charge is 0.324 e. The Kier molecular flexibility index (Phi) is 1.93. The van der Waals surface area contributed by atoms with Crippen LogP contribution in [0.5, 0.6) is 0 Å². The van der Waals surface area contributed by atoms with Crippen molar-refractivity contribution < 1.29 is 4.79 Å². The Morgan fingerprint density at radius 1 is 1.54 bits per heavy atom. The standard InChI is InChI=1S/C11H13NO/c1-7-8(6-13)2-3-10-9(7)4-5-11(10)12/h2-3,6,11H,4-5,12H2,1H3/t11-/m0/s1. The van der Waals surface area contributed by atoms with Crippen LogP contribution in [0.15, 0.2) is 12.1 Å². The summed E-state index contributed by atoms with van der Waals surface area (Å²) < 4.78 is 0. The van der Waals surface area contributed by atoms with E-state index in [4.69, 9.17) is 5.73 Å². The maximum atomic E-state index is 10.7. The van der Waals surface area contributed by atoms with Gasteiger partial charge in [0.05, 0.1) is 0 Å². The van der Waals surface area contributed by atoms with Gasteiger partial charge in [-0.2, -0.15) is 0 Å². The molecule has 2 heteroatoms. The van der Waals surface area contributed by atoms with E-state index in [1.54, 1.807) is 0 Å². The summed E-state index contributed by atoms with van der Waals surface area (Å²) in [6.45, 7) is 2.00. The normalized spacial score (nSPS) is 20.0. The fourth-order valence-electron chi connectivity index (χ4n) is 2.06. The molecule has 13 heavy (non-hydrogen) atoms. The molecule has 2 rings (SSSR count). The molecule has 1 aromatic carbocycles. The lowest BCUT2D eigenvalue weighted by molar-refractivity contribution is 0.112. The first-order valence-electron chi connectivity index (χ1n) is 4.57. The molecule has 0 aliphatic heterocycles. The highest BCUT2D eigenvalue weighted by Gasteiger charge is 2.21. The number of carbonyl (C=O) groups is 1. The molecular weight excluding hydrogens is 162 g/mol. The van der Waals surface area contributed by atoms with Gasteiger partial charge in [-0.15, -0.1) is 0 Å². The Hall–Kier alpha value is -1.15. The van der Waals surface area contributed by atoms with Gasteiger partial charge < -0.3 is 5.73 Å². The van der Waals surface area contributed by atoms with Crippen LogP contribution >= 0.6 is 0 Å². The van der Waals surface area contributed by atoms with Crippen molar-refractivity contribution in [2.45, 2.75) is 25.8 Å². The molecule has 0 fully saturated rings. The fourth-order valence-corrected chi connectivity index (χ4v) is 2.06. The van der Waals surface area contributed by atoms with Crippen LogP contribution in [-0.4, -0.2) is 6.29 Å². The summed E-state index contributed by atoms with van der Waals surface area (Å²) in [7, 11) is 0. The molecule has 1 atom stereocenters. The lowest BCUT2D eigenvalue weighted by atomic mass is 9.99. The third-order valence-electron chi connectivity index (χ3n) is 2.91. The highest BCUT2D eigenvalue weighted by Crippen LogP contribution is 2.32. The third-order valence-corrected chi connectivity index (χ3v) is 2.91. The first kappa shape index (κ1) is 8.45. The Morgan fingerprint density at radius 2 is 2.31 bits per heavy atom. The molecule has 0 amide bonds. The lowest BCUT2D eigenvalue weighted by Crippen LogP contribution is -2.05. The second-order valence-corrected chi connectivity index (χ2v) is 3.61. The molecule has 1 aliphatic rings. The molecule has 0 saturated heterocycles. The summed E-state index contributed by atoms with van der Waals surface area (Å²) in [5.74, 6) is 0. The van der Waals surface area contributed by atoms with Crippen molar-refractivity contribution in [1.29, 1.82) is 0 Å². The highest BCUT2D eigenvalue weighted by atomic mass is 16.1. The van der Waals surface area contributed by atoms with Crippen LogP contribution in [-0.2, 0) is 6.42 Å². The van der Waals surface area contributed by atoms with E-state index in [9.17, 15) is 4.79 Å². The van der Waals surface area contributed by atoms with E-state index in [0.717, 1.165) is 30.3 Å². The van der Waals surface area contributed by atoms with Crippen molar-refractivity contribution in [2.75, 3.05) is 0 Å². The van der Waals surface area contributed by atoms with Crippen molar-refractivity contribution >= 4 is 6.29 Å². The maximum absolute atomic E-state index is 10.7. The number of fused-ring (bicyclic) bond motifs is 1. The minimum atomic E-state index is 0.175. The Bertz CT molecular complexity index is 357. The first-order valence-corrected chi connectivity index (χ1v) is 4.57. The molecule has 1 aliphatic carbocycles. The van der Waals surface area contributed by atoms with Crippen LogP contribution < -0.4 is 5.73 Å². The molecule has 2 nitrogen and oxygen atoms in total. The van der Waals surface area contributed by atoms with Gasteiger partial charge in [-0.1, -0.05) is 12.1 Å². The second-order valence-electron chi connectivity index (χ2n) is 3.61. The average Bonchev–Trinajstić information content (AvgIpc) is 2.50. The van der Waals surface area contributed by atoms with Gasteiger partial charge in [0.2, 0.25) is 0 Å². The number of benzene rings is 1. The van der Waals surface area contributed by atoms with E-state index in [-0.39, 0.29) is 6.04 Å². The topological polar surface area (TPSA) is 43.1 Å². The quantitative estimate of drug-likeness (QED) is 0.661. The maximum Gasteiger partial charge on any atom is 0.150 e. The van der Waals surface area contributed by atoms with E-state index in [1.165, 1.54) is 11.1 Å². The summed E-state index contributed by atoms with van der Waals surface area (Å²) in [5.41, 5.74) is 10.3. The summed E-state index contributed by atoms with van der Waals surface area (Å²) >= 11 is 0. The van der Waals surface area contributed by atoms with E-state index in [1.807, 2.05) is 19.1 Å². The number of rotatable bonds is 1. The number of hydrogen-bond donors (Lipinski definition) is 1. The van der Waals surface area contributed by atoms with Crippen LogP contribution in [0.25, 0.3) is 0 Å². The minimum Gasteiger partial charge on any atom is -0.324 e. The molecule has 1 aromatic rings. The van der Waals surface area contributed by atoms with E-state index in [2.05, 4.69) is 0 Å². The Morgan fingerprint density at radius 3 is 3.00 bits per heavy atom. The smallest absolute Gasteiger partial charge is 0.150 e. The van der Waals surface area contributed by atoms with Crippen molar-refractivity contribution in [3.05, 3.63) is 34.4 Å². The first-order chi connectivity index (χ1) is 6.24. The van der Waals surface area contributed by atoms with Crippen LogP contribution in [0.4, 0.5) is 0 Å². The van der Waals surface area contributed by atoms with Crippen LogP contribution in [0.2, 0.25) is 0 Å². The molecule has 2 N–H and O–H groups in total. The molecule has 68 valence electrons. The van der Waals surface area contributed by atoms with Gasteiger partial charge in [0.1, 0.15) is 6.29 Å². The van der Waals surface area contributed by atoms with Crippen molar-refractivity contribution in [3.63, 3.8) is 0 Å². The van der Waals surface area contributed by atoms with Crippen molar-refractivity contribution in [3.8, 4) is 0 Å². The van der Waals surface area contributed by atoms with E-state index < -0.39 is 0 Å². The minimum absolute atomic E-state index is 0.175. The van der Waals surface area contributed by atoms with Gasteiger partial charge in [-0.25, -0.2) is 0 Å². The predicted octanol–water partition coefficient (Wildman–Crippen LogP) is 1.75. The van der Waals surface area contributed by atoms with E-state index in [0.29, 0.717) is 0 Å². The summed E-state index contributed by atoms with van der Waals surface area (Å²) in [5, 5.41) is 0. The Balaban J connectivity index is 2.60. The molecule has 0 bridgehead atoms. The second kappa shape index (κ2) is 2.96. The van der Waals surface area contributed by atoms with Crippen LogP contribution in [0.3, 0.4) is 0 Å². The van der Waals surface area contributed by atoms with Gasteiger partial charge in [-0.05, 0) is 36.5 Å². The molecular formula is C11H13NO. The van der Waals surface area contributed by atoms with Crippen molar-refractivity contribution in [1.82, 2.24) is 0 Å². The average molecular weight is 175 g/mol. The molecule has 0 heterocycles. The van der Waals surface area contributed by atoms with Crippen molar-refractivity contribution in [2.24, 2.45) is 5.73 Å². The predicted molar refractivity (Wildman–Crippen MR) is 51.8 cm³/mol. The zero-order valence-corrected chi connectivity index (χ0v) is 7.71. The fraction of sp³-hybridized carbons (Fsp3) is 0.364. The number of nitrogens with two attached hydrogens (primary N) is 1. The van der Waals surface area contributed by atoms with Gasteiger partial charge >= 0.3 is 0 Å². The van der Waals surface area contributed by atoms with Crippen LogP contribution in [0.1, 0.15) is 39.5 Å². The highest BCUT2D eigenvalue weighted by molar-refractivity contribution is 5.78. The van der Waals surface area contributed by atoms with Gasteiger partial charge in [0.15, 0.2) is 0 Å². The Labute approximate surface area is 77.8 Å². The summed E-state index contributed by atoms with van der Waals surface area (Å²) in [6, 6.07) is 4.03. The molecule has 0 radical (unpaired) electrons. The molecule has 0 saturated carbocycles. The van der Waals surface area contributed by atoms with Gasteiger partial charge in [0.25, 0.3) is 0 Å². The molecule has 0 unspecified atom stereocenters. The zero-order valence-electron chi connectivity index (χ0n) is 7.71. The third kappa shape index (κ3) is 1.18. The zero-order chi connectivity index (χ0) is 9.42. The monoisotopic (exact) mass is 175 g/mol. The number of carbonyl (C=O) groups excluding carboxylic acids is 1. The van der Waals surface area contributed by atoms with Gasteiger partial charge in [0, 0.05) is 11.6 Å². The van der Waals surface area contributed by atoms with Crippen LogP contribution in [0, 0.1) is 6.92 Å². The SMILES string of the molecule is Cc1c(C=O)ccc2c1CC[C@@H]2N. The van der Waals surface area contributed by atoms with E-state index >= 15 is 0 Å². The molecule has 0 aromatic heterocycles. The molecule has 0 spiro atoms. The number of hydrogen-bond acceptors (Lipinski definition) is 2. The van der Waals surface area contributed by atoms with Gasteiger partial charge in [-0.3, -0.25) is 4.79 Å². The summed E-state index contributed by atoms with van der Waals surface area (Å²) in [4.78, 5) is 10.7. The lowest BCUT2D eigenvalue weighted by Gasteiger charge is -2.08.